The smallest absolute Gasteiger partial charge is 0.213 e. The summed E-state index contributed by atoms with van der Waals surface area (Å²) >= 11 is 0. The van der Waals surface area contributed by atoms with Crippen LogP contribution < -0.4 is 4.74 Å². The van der Waals surface area contributed by atoms with E-state index in [-0.39, 0.29) is 0 Å². The minimum Gasteiger partial charge on any atom is -0.481 e. The zero-order valence-electron chi connectivity index (χ0n) is 11.6. The summed E-state index contributed by atoms with van der Waals surface area (Å²) in [5.74, 6) is 2.10. The molecule has 0 aromatic carbocycles. The summed E-state index contributed by atoms with van der Waals surface area (Å²) in [5.41, 5.74) is 2.72. The Hall–Kier alpha value is -1.71. The maximum Gasteiger partial charge on any atom is 0.213 e. The summed E-state index contributed by atoms with van der Waals surface area (Å²) in [7, 11) is 1.62. The first kappa shape index (κ1) is 12.7. The number of aromatic nitrogens is 3. The van der Waals surface area contributed by atoms with Crippen LogP contribution in [0.3, 0.4) is 0 Å². The van der Waals surface area contributed by atoms with Gasteiger partial charge < -0.3 is 4.74 Å². The lowest BCUT2D eigenvalue weighted by Crippen LogP contribution is -2.05. The van der Waals surface area contributed by atoms with Crippen molar-refractivity contribution < 1.29 is 4.74 Å². The molecule has 0 amide bonds. The zero-order chi connectivity index (χ0) is 13.3. The second-order valence-electron chi connectivity index (χ2n) is 5.00. The Bertz CT molecular complexity index is 564. The molecule has 0 atom stereocenters. The van der Waals surface area contributed by atoms with E-state index in [0.717, 1.165) is 22.6 Å². The Morgan fingerprint density at radius 1 is 0.944 bits per heavy atom. The van der Waals surface area contributed by atoms with Crippen LogP contribution in [0.4, 0.5) is 0 Å². The van der Waals surface area contributed by atoms with E-state index in [1.54, 1.807) is 7.11 Å². The van der Waals surface area contributed by atoms with Crippen LogP contribution in [-0.4, -0.2) is 22.1 Å². The van der Waals surface area contributed by atoms with E-state index in [1.165, 1.54) is 0 Å². The Labute approximate surface area is 107 Å². The molecule has 96 valence electrons. The van der Waals surface area contributed by atoms with Crippen molar-refractivity contribution in [3.63, 3.8) is 0 Å². The van der Waals surface area contributed by atoms with Gasteiger partial charge in [-0.1, -0.05) is 27.7 Å². The van der Waals surface area contributed by atoms with Gasteiger partial charge in [-0.15, -0.1) is 0 Å². The van der Waals surface area contributed by atoms with Crippen LogP contribution in [0.15, 0.2) is 12.1 Å². The molecule has 0 aliphatic carbocycles. The summed E-state index contributed by atoms with van der Waals surface area (Å²) in [6.07, 6.45) is 0. The molecule has 0 bridgehead atoms. The molecule has 4 nitrogen and oxygen atoms in total. The topological polar surface area (TPSA) is 47.9 Å². The SMILES string of the molecule is COc1ccc2nc(C(C)C)nc(C(C)C)c2n1. The predicted molar refractivity (Wildman–Crippen MR) is 72.1 cm³/mol. The van der Waals surface area contributed by atoms with E-state index in [0.29, 0.717) is 17.7 Å². The standard InChI is InChI=1S/C14H19N3O/c1-8(2)12-13-10(6-7-11(16-13)18-5)15-14(17-12)9(3)4/h6-9H,1-5H3. The average molecular weight is 245 g/mol. The van der Waals surface area contributed by atoms with Crippen LogP contribution in [0.25, 0.3) is 11.0 Å². The fourth-order valence-corrected chi connectivity index (χ4v) is 1.81. The first-order chi connectivity index (χ1) is 8.52. The van der Waals surface area contributed by atoms with Gasteiger partial charge in [0.15, 0.2) is 0 Å². The minimum absolute atomic E-state index is 0.313. The average Bonchev–Trinajstić information content (AvgIpc) is 2.36. The van der Waals surface area contributed by atoms with Crippen LogP contribution in [0, 0.1) is 0 Å². The molecule has 2 aromatic rings. The molecule has 0 saturated heterocycles. The van der Waals surface area contributed by atoms with Gasteiger partial charge in [0.25, 0.3) is 0 Å². The molecule has 0 radical (unpaired) electrons. The van der Waals surface area contributed by atoms with Crippen LogP contribution >= 0.6 is 0 Å². The molecule has 18 heavy (non-hydrogen) atoms. The van der Waals surface area contributed by atoms with Crippen molar-refractivity contribution in [2.75, 3.05) is 7.11 Å². The molecule has 0 unspecified atom stereocenters. The highest BCUT2D eigenvalue weighted by Crippen LogP contribution is 2.25. The van der Waals surface area contributed by atoms with Crippen molar-refractivity contribution in [1.82, 2.24) is 15.0 Å². The van der Waals surface area contributed by atoms with Crippen LogP contribution in [0.2, 0.25) is 0 Å². The maximum atomic E-state index is 5.17. The molecule has 0 fully saturated rings. The van der Waals surface area contributed by atoms with Gasteiger partial charge in [-0.3, -0.25) is 0 Å². The quantitative estimate of drug-likeness (QED) is 0.832. The third-order valence-corrected chi connectivity index (χ3v) is 2.83. The summed E-state index contributed by atoms with van der Waals surface area (Å²) in [5, 5.41) is 0. The molecule has 0 aliphatic heterocycles. The lowest BCUT2D eigenvalue weighted by Gasteiger charge is -2.12. The van der Waals surface area contributed by atoms with E-state index < -0.39 is 0 Å². The number of methoxy groups -OCH3 is 1. The highest BCUT2D eigenvalue weighted by molar-refractivity contribution is 5.77. The summed E-state index contributed by atoms with van der Waals surface area (Å²) in [6, 6.07) is 3.78. The van der Waals surface area contributed by atoms with Gasteiger partial charge in [0, 0.05) is 12.0 Å². The van der Waals surface area contributed by atoms with Crippen molar-refractivity contribution in [1.29, 1.82) is 0 Å². The van der Waals surface area contributed by atoms with E-state index in [2.05, 4.69) is 42.6 Å². The second kappa shape index (κ2) is 4.88. The molecule has 0 aliphatic rings. The normalized spacial score (nSPS) is 11.5. The molecule has 4 heteroatoms. The van der Waals surface area contributed by atoms with E-state index in [9.17, 15) is 0 Å². The van der Waals surface area contributed by atoms with Gasteiger partial charge in [0.05, 0.1) is 18.3 Å². The Morgan fingerprint density at radius 3 is 2.22 bits per heavy atom. The third kappa shape index (κ3) is 2.28. The summed E-state index contributed by atoms with van der Waals surface area (Å²) < 4.78 is 5.17. The Morgan fingerprint density at radius 2 is 1.67 bits per heavy atom. The van der Waals surface area contributed by atoms with Crippen LogP contribution in [-0.2, 0) is 0 Å². The lowest BCUT2D eigenvalue weighted by atomic mass is 10.1. The fraction of sp³-hybridized carbons (Fsp3) is 0.500. The molecule has 0 spiro atoms. The first-order valence-electron chi connectivity index (χ1n) is 6.25. The number of hydrogen-bond donors (Lipinski definition) is 0. The lowest BCUT2D eigenvalue weighted by molar-refractivity contribution is 0.399. The number of hydrogen-bond acceptors (Lipinski definition) is 4. The van der Waals surface area contributed by atoms with E-state index in [4.69, 9.17) is 4.74 Å². The molecular formula is C14H19N3O. The highest BCUT2D eigenvalue weighted by atomic mass is 16.5. The molecule has 2 heterocycles. The van der Waals surface area contributed by atoms with Gasteiger partial charge in [0.2, 0.25) is 5.88 Å². The van der Waals surface area contributed by atoms with Crippen molar-refractivity contribution in [3.05, 3.63) is 23.7 Å². The van der Waals surface area contributed by atoms with Crippen molar-refractivity contribution in [2.24, 2.45) is 0 Å². The van der Waals surface area contributed by atoms with E-state index >= 15 is 0 Å². The van der Waals surface area contributed by atoms with Crippen LogP contribution in [0.1, 0.15) is 51.0 Å². The van der Waals surface area contributed by atoms with Gasteiger partial charge in [-0.2, -0.15) is 0 Å². The van der Waals surface area contributed by atoms with Gasteiger partial charge in [-0.05, 0) is 12.0 Å². The van der Waals surface area contributed by atoms with Gasteiger partial charge in [0.1, 0.15) is 11.3 Å². The minimum atomic E-state index is 0.313. The van der Waals surface area contributed by atoms with E-state index in [1.807, 2.05) is 12.1 Å². The molecule has 0 N–H and O–H groups in total. The number of ether oxygens (including phenoxy) is 1. The van der Waals surface area contributed by atoms with Gasteiger partial charge >= 0.3 is 0 Å². The molecule has 0 saturated carbocycles. The number of fused-ring (bicyclic) bond motifs is 1. The van der Waals surface area contributed by atoms with Gasteiger partial charge in [-0.25, -0.2) is 15.0 Å². The largest absolute Gasteiger partial charge is 0.481 e. The monoisotopic (exact) mass is 245 g/mol. The molecule has 2 rings (SSSR count). The highest BCUT2D eigenvalue weighted by Gasteiger charge is 2.14. The Kier molecular flexibility index (Phi) is 3.45. The summed E-state index contributed by atoms with van der Waals surface area (Å²) in [6.45, 7) is 8.44. The third-order valence-electron chi connectivity index (χ3n) is 2.83. The predicted octanol–water partition coefficient (Wildman–Crippen LogP) is 3.28. The molecule has 2 aromatic heterocycles. The fourth-order valence-electron chi connectivity index (χ4n) is 1.81. The first-order valence-corrected chi connectivity index (χ1v) is 6.25. The number of pyridine rings is 1. The zero-order valence-corrected chi connectivity index (χ0v) is 11.6. The van der Waals surface area contributed by atoms with Crippen LogP contribution in [0.5, 0.6) is 5.88 Å². The Balaban J connectivity index is 2.73. The van der Waals surface area contributed by atoms with Crippen molar-refractivity contribution >= 4 is 11.0 Å². The van der Waals surface area contributed by atoms with Crippen molar-refractivity contribution in [3.8, 4) is 5.88 Å². The van der Waals surface area contributed by atoms with Crippen molar-refractivity contribution in [2.45, 2.75) is 39.5 Å². The second-order valence-corrected chi connectivity index (χ2v) is 5.00. The maximum absolute atomic E-state index is 5.17. The number of rotatable bonds is 3. The number of nitrogens with zero attached hydrogens (tertiary/aromatic N) is 3. The summed E-state index contributed by atoms with van der Waals surface area (Å²) in [4.78, 5) is 13.7. The molecular weight excluding hydrogens is 226 g/mol.